The van der Waals surface area contributed by atoms with E-state index < -0.39 is 29.6 Å². The molecule has 8 atom stereocenters. The van der Waals surface area contributed by atoms with E-state index in [1.54, 1.807) is 0 Å². The van der Waals surface area contributed by atoms with E-state index in [4.69, 9.17) is 9.57 Å². The highest BCUT2D eigenvalue weighted by Crippen LogP contribution is 2.66. The molecule has 5 unspecified atom stereocenters. The maximum absolute atomic E-state index is 12.6. The average Bonchev–Trinajstić information content (AvgIpc) is 3.35. The number of rotatable bonds is 4. The lowest BCUT2D eigenvalue weighted by molar-refractivity contribution is -0.152. The van der Waals surface area contributed by atoms with E-state index in [1.165, 1.54) is 17.6 Å². The molecule has 4 aliphatic carbocycles. The van der Waals surface area contributed by atoms with Gasteiger partial charge in [-0.1, -0.05) is 30.7 Å². The first-order valence-electron chi connectivity index (χ1n) is 13.4. The normalized spacial score (nSPS) is 44.5. The Labute approximate surface area is 213 Å². The van der Waals surface area contributed by atoms with Gasteiger partial charge in [-0.2, -0.15) is 0 Å². The quantitative estimate of drug-likeness (QED) is 0.454. The third-order valence-electron chi connectivity index (χ3n) is 10.6. The van der Waals surface area contributed by atoms with Crippen molar-refractivity contribution in [2.75, 3.05) is 20.3 Å². The first-order valence-corrected chi connectivity index (χ1v) is 13.4. The first-order chi connectivity index (χ1) is 17.0. The number of hydrogen-bond acceptors (Lipinski definition) is 7. The van der Waals surface area contributed by atoms with Crippen molar-refractivity contribution in [1.82, 2.24) is 4.90 Å². The van der Waals surface area contributed by atoms with Gasteiger partial charge in [0.25, 0.3) is 5.91 Å². The van der Waals surface area contributed by atoms with Crippen LogP contribution in [0.25, 0.3) is 0 Å². The summed E-state index contributed by atoms with van der Waals surface area (Å²) in [7, 11) is 1.27. The molecule has 3 saturated carbocycles. The Hall–Kier alpha value is -2.19. The van der Waals surface area contributed by atoms with Crippen LogP contribution in [0.3, 0.4) is 0 Å². The summed E-state index contributed by atoms with van der Waals surface area (Å²) in [5.41, 5.74) is 1.47. The van der Waals surface area contributed by atoms with Crippen LogP contribution in [0.5, 0.6) is 0 Å². The van der Waals surface area contributed by atoms with Crippen LogP contribution in [-0.4, -0.2) is 70.7 Å². The van der Waals surface area contributed by atoms with Gasteiger partial charge in [0.1, 0.15) is 11.8 Å². The van der Waals surface area contributed by atoms with E-state index >= 15 is 0 Å². The van der Waals surface area contributed by atoms with Crippen molar-refractivity contribution in [1.29, 1.82) is 0 Å². The lowest BCUT2D eigenvalue weighted by Gasteiger charge is -2.58. The van der Waals surface area contributed by atoms with Crippen molar-refractivity contribution in [2.45, 2.75) is 83.5 Å². The van der Waals surface area contributed by atoms with Gasteiger partial charge in [0, 0.05) is 18.4 Å². The van der Waals surface area contributed by atoms with E-state index in [1.807, 2.05) is 13.0 Å². The third-order valence-corrected chi connectivity index (χ3v) is 10.6. The van der Waals surface area contributed by atoms with Gasteiger partial charge in [0.15, 0.2) is 6.61 Å². The SMILES string of the molecule is COC(=O)C1CC(O)CN1C(=O)CON=C1C=C[C@@]2(C)C(=C1)CCC1C2CC[C@@]2(C)C1CC[C@]2(C)O. The highest BCUT2D eigenvalue weighted by molar-refractivity contribution is 6.05. The number of esters is 1. The van der Waals surface area contributed by atoms with Gasteiger partial charge in [-0.25, -0.2) is 4.79 Å². The summed E-state index contributed by atoms with van der Waals surface area (Å²) >= 11 is 0. The van der Waals surface area contributed by atoms with Crippen molar-refractivity contribution in [3.05, 3.63) is 23.8 Å². The monoisotopic (exact) mass is 500 g/mol. The maximum atomic E-state index is 12.6. The van der Waals surface area contributed by atoms with E-state index in [0.29, 0.717) is 23.5 Å². The van der Waals surface area contributed by atoms with E-state index in [2.05, 4.69) is 31.2 Å². The third kappa shape index (κ3) is 3.92. The summed E-state index contributed by atoms with van der Waals surface area (Å²) in [5, 5.41) is 25.2. The second kappa shape index (κ2) is 8.98. The number of nitrogens with zero attached hydrogens (tertiary/aromatic N) is 2. The number of likely N-dealkylation sites (tertiary alicyclic amines) is 1. The minimum Gasteiger partial charge on any atom is -0.467 e. The van der Waals surface area contributed by atoms with Gasteiger partial charge >= 0.3 is 5.97 Å². The number of aliphatic hydroxyl groups is 2. The molecule has 0 aromatic carbocycles. The predicted octanol–water partition coefficient (Wildman–Crippen LogP) is 2.98. The van der Waals surface area contributed by atoms with E-state index in [-0.39, 0.29) is 30.4 Å². The fraction of sp³-hybridized carbons (Fsp3) is 0.750. The van der Waals surface area contributed by atoms with Crippen LogP contribution >= 0.6 is 0 Å². The van der Waals surface area contributed by atoms with Crippen LogP contribution in [0.2, 0.25) is 0 Å². The molecule has 5 rings (SSSR count). The second-order valence-corrected chi connectivity index (χ2v) is 12.2. The molecule has 198 valence electrons. The largest absolute Gasteiger partial charge is 0.467 e. The van der Waals surface area contributed by atoms with Gasteiger partial charge in [0.2, 0.25) is 0 Å². The molecular formula is C28H40N2O6. The van der Waals surface area contributed by atoms with Crippen LogP contribution in [-0.2, 0) is 19.2 Å². The molecule has 1 heterocycles. The van der Waals surface area contributed by atoms with Crippen molar-refractivity contribution >= 4 is 17.6 Å². The van der Waals surface area contributed by atoms with Crippen molar-refractivity contribution < 1.29 is 29.4 Å². The number of allylic oxidation sites excluding steroid dienone is 4. The lowest BCUT2D eigenvalue weighted by Crippen LogP contribution is -2.53. The molecular weight excluding hydrogens is 460 g/mol. The molecule has 36 heavy (non-hydrogen) atoms. The minimum atomic E-state index is -0.790. The van der Waals surface area contributed by atoms with Gasteiger partial charge in [0.05, 0.1) is 18.8 Å². The number of methoxy groups -OCH3 is 1. The summed E-state index contributed by atoms with van der Waals surface area (Å²) in [6.07, 6.45) is 12.1. The highest BCUT2D eigenvalue weighted by atomic mass is 16.6. The molecule has 1 saturated heterocycles. The molecule has 1 aliphatic heterocycles. The number of ether oxygens (including phenoxy) is 1. The van der Waals surface area contributed by atoms with Gasteiger partial charge < -0.3 is 24.7 Å². The predicted molar refractivity (Wildman–Crippen MR) is 134 cm³/mol. The molecule has 0 radical (unpaired) electrons. The number of fused-ring (bicyclic) bond motifs is 5. The van der Waals surface area contributed by atoms with Crippen LogP contribution in [0.4, 0.5) is 0 Å². The molecule has 1 amide bonds. The Morgan fingerprint density at radius 2 is 1.92 bits per heavy atom. The number of β-amino-alcohol motifs (C(OH)–C–C–N with tert-alkyl or cyclic N) is 1. The fourth-order valence-electron chi connectivity index (χ4n) is 8.20. The number of hydrogen-bond donors (Lipinski definition) is 2. The molecule has 5 aliphatic rings. The fourth-order valence-corrected chi connectivity index (χ4v) is 8.20. The molecule has 8 heteroatoms. The van der Waals surface area contributed by atoms with Gasteiger partial charge in [-0.3, -0.25) is 4.79 Å². The first kappa shape index (κ1) is 25.5. The molecule has 4 fully saturated rings. The summed E-state index contributed by atoms with van der Waals surface area (Å²) in [6.45, 7) is 6.47. The Kier molecular flexibility index (Phi) is 6.35. The molecule has 8 nitrogen and oxygen atoms in total. The standard InChI is InChI=1S/C28H40N2O6/c1-26-10-7-18(29-36-16-24(32)30-15-19(31)14-23(30)25(33)35-4)13-17(26)5-6-20-21(26)8-11-27(2)22(20)9-12-28(27,3)34/h7,10,13,19-23,31,34H,5-6,8-9,11-12,14-16H2,1-4H3/t19?,20?,21?,22?,23?,26-,27-,28-/m0/s1. The smallest absolute Gasteiger partial charge is 0.328 e. The zero-order valence-electron chi connectivity index (χ0n) is 21.9. The van der Waals surface area contributed by atoms with E-state index in [0.717, 1.165) is 38.5 Å². The Morgan fingerprint density at radius 3 is 2.67 bits per heavy atom. The van der Waals surface area contributed by atoms with Gasteiger partial charge in [-0.15, -0.1) is 0 Å². The van der Waals surface area contributed by atoms with Crippen molar-refractivity contribution in [2.24, 2.45) is 33.7 Å². The van der Waals surface area contributed by atoms with Crippen molar-refractivity contribution in [3.8, 4) is 0 Å². The zero-order chi connectivity index (χ0) is 25.9. The van der Waals surface area contributed by atoms with Crippen LogP contribution in [0.15, 0.2) is 29.0 Å². The zero-order valence-corrected chi connectivity index (χ0v) is 21.9. The molecule has 0 aromatic heterocycles. The number of carbonyl (C=O) groups is 2. The summed E-state index contributed by atoms with van der Waals surface area (Å²) in [5.74, 6) is 0.810. The summed E-state index contributed by atoms with van der Waals surface area (Å²) < 4.78 is 4.76. The Morgan fingerprint density at radius 1 is 1.17 bits per heavy atom. The Bertz CT molecular complexity index is 1020. The molecule has 0 bridgehead atoms. The summed E-state index contributed by atoms with van der Waals surface area (Å²) in [6, 6.07) is -0.790. The molecule has 0 spiro atoms. The highest BCUT2D eigenvalue weighted by Gasteiger charge is 2.62. The average molecular weight is 501 g/mol. The Balaban J connectivity index is 1.24. The van der Waals surface area contributed by atoms with Crippen LogP contribution < -0.4 is 0 Å². The molecule has 2 N–H and O–H groups in total. The van der Waals surface area contributed by atoms with Crippen molar-refractivity contribution in [3.63, 3.8) is 0 Å². The van der Waals surface area contributed by atoms with Crippen LogP contribution in [0.1, 0.15) is 65.7 Å². The number of oxime groups is 1. The second-order valence-electron chi connectivity index (χ2n) is 12.2. The maximum Gasteiger partial charge on any atom is 0.328 e. The number of amides is 1. The molecule has 0 aromatic rings. The minimum absolute atomic E-state index is 0.00931. The summed E-state index contributed by atoms with van der Waals surface area (Å²) in [4.78, 5) is 31.3. The van der Waals surface area contributed by atoms with E-state index in [9.17, 15) is 19.8 Å². The topological polar surface area (TPSA) is 109 Å². The number of aliphatic hydroxyl groups excluding tert-OH is 1. The van der Waals surface area contributed by atoms with Gasteiger partial charge in [-0.05, 0) is 80.8 Å². The lowest BCUT2D eigenvalue weighted by atomic mass is 9.47. The number of carbonyl (C=O) groups excluding carboxylic acids is 2. The van der Waals surface area contributed by atoms with Crippen LogP contribution in [0, 0.1) is 28.6 Å².